The van der Waals surface area contributed by atoms with Gasteiger partial charge in [-0.25, -0.2) is 4.79 Å². The van der Waals surface area contributed by atoms with Crippen LogP contribution in [-0.2, 0) is 14.3 Å². The summed E-state index contributed by atoms with van der Waals surface area (Å²) in [5.41, 5.74) is 0.328. The normalized spacial score (nSPS) is 11.4. The van der Waals surface area contributed by atoms with Crippen LogP contribution in [0.1, 0.15) is 11.5 Å². The van der Waals surface area contributed by atoms with Crippen molar-refractivity contribution in [3.05, 3.63) is 42.0 Å². The summed E-state index contributed by atoms with van der Waals surface area (Å²) in [5.74, 6) is -2.41. The summed E-state index contributed by atoms with van der Waals surface area (Å²) in [7, 11) is 2.69. The minimum absolute atomic E-state index is 0.116. The second-order valence-electron chi connectivity index (χ2n) is 3.56. The maximum atomic E-state index is 11.3. The first kappa shape index (κ1) is 13.8. The largest absolute Gasteiger partial charge is 0.497 e. The number of hydrogen-bond acceptors (Lipinski definition) is 4. The van der Waals surface area contributed by atoms with Gasteiger partial charge in [0.25, 0.3) is 0 Å². The van der Waals surface area contributed by atoms with E-state index in [1.54, 1.807) is 24.3 Å². The number of methoxy groups -OCH3 is 2. The minimum atomic E-state index is -1.16. The predicted octanol–water partition coefficient (Wildman–Crippen LogP) is 1.59. The summed E-state index contributed by atoms with van der Waals surface area (Å²) in [5, 5.41) is 9.17. The van der Waals surface area contributed by atoms with Crippen LogP contribution in [-0.4, -0.2) is 31.3 Å². The van der Waals surface area contributed by atoms with E-state index >= 15 is 0 Å². The SMILES string of the molecule is C=C(C(=O)OC)C(C(=O)O)c1ccc(OC)cc1. The number of carboxylic acid groups (broad SMARTS) is 1. The highest BCUT2D eigenvalue weighted by molar-refractivity contribution is 5.97. The van der Waals surface area contributed by atoms with E-state index < -0.39 is 17.9 Å². The lowest BCUT2D eigenvalue weighted by Crippen LogP contribution is -2.19. The number of ether oxygens (including phenoxy) is 2. The first-order valence-electron chi connectivity index (χ1n) is 5.15. The van der Waals surface area contributed by atoms with Crippen molar-refractivity contribution in [1.29, 1.82) is 0 Å². The van der Waals surface area contributed by atoms with E-state index in [9.17, 15) is 9.59 Å². The van der Waals surface area contributed by atoms with Gasteiger partial charge in [-0.1, -0.05) is 18.7 Å². The van der Waals surface area contributed by atoms with Gasteiger partial charge in [0.1, 0.15) is 11.7 Å². The smallest absolute Gasteiger partial charge is 0.334 e. The number of carbonyl (C=O) groups excluding carboxylic acids is 1. The number of rotatable bonds is 5. The van der Waals surface area contributed by atoms with Crippen LogP contribution in [0, 0.1) is 0 Å². The molecule has 0 saturated heterocycles. The molecule has 1 aromatic rings. The average molecular weight is 250 g/mol. The van der Waals surface area contributed by atoms with Crippen molar-refractivity contribution >= 4 is 11.9 Å². The monoisotopic (exact) mass is 250 g/mol. The van der Waals surface area contributed by atoms with Crippen LogP contribution in [0.25, 0.3) is 0 Å². The molecule has 0 aliphatic rings. The van der Waals surface area contributed by atoms with Crippen molar-refractivity contribution < 1.29 is 24.2 Å². The predicted molar refractivity (Wildman–Crippen MR) is 64.5 cm³/mol. The van der Waals surface area contributed by atoms with Crippen LogP contribution < -0.4 is 4.74 Å². The van der Waals surface area contributed by atoms with Gasteiger partial charge in [-0.05, 0) is 17.7 Å². The second-order valence-corrected chi connectivity index (χ2v) is 3.56. The molecule has 0 radical (unpaired) electrons. The summed E-state index contributed by atoms with van der Waals surface area (Å²) in [4.78, 5) is 22.6. The Bertz CT molecular complexity index is 461. The highest BCUT2D eigenvalue weighted by atomic mass is 16.5. The van der Waals surface area contributed by atoms with E-state index in [-0.39, 0.29) is 5.57 Å². The summed E-state index contributed by atoms with van der Waals surface area (Å²) in [6, 6.07) is 6.39. The third-order valence-corrected chi connectivity index (χ3v) is 2.49. The molecule has 5 nitrogen and oxygen atoms in total. The van der Waals surface area contributed by atoms with E-state index in [0.717, 1.165) is 0 Å². The second kappa shape index (κ2) is 5.86. The standard InChI is InChI=1S/C13H14O5/c1-8(13(16)18-3)11(12(14)15)9-4-6-10(17-2)7-5-9/h4-7,11H,1H2,2-3H3,(H,14,15). The van der Waals surface area contributed by atoms with E-state index in [2.05, 4.69) is 11.3 Å². The zero-order valence-corrected chi connectivity index (χ0v) is 10.2. The molecule has 1 unspecified atom stereocenters. The number of aliphatic carboxylic acids is 1. The van der Waals surface area contributed by atoms with E-state index in [1.807, 2.05) is 0 Å². The minimum Gasteiger partial charge on any atom is -0.497 e. The quantitative estimate of drug-likeness (QED) is 0.634. The van der Waals surface area contributed by atoms with Crippen molar-refractivity contribution in [2.75, 3.05) is 14.2 Å². The Morgan fingerprint density at radius 1 is 1.22 bits per heavy atom. The van der Waals surface area contributed by atoms with Gasteiger partial charge in [-0.3, -0.25) is 4.79 Å². The molecule has 0 fully saturated rings. The summed E-state index contributed by atoms with van der Waals surface area (Å²) >= 11 is 0. The van der Waals surface area contributed by atoms with Crippen molar-refractivity contribution in [2.45, 2.75) is 5.92 Å². The molecular weight excluding hydrogens is 236 g/mol. The average Bonchev–Trinajstić information content (AvgIpc) is 2.38. The van der Waals surface area contributed by atoms with Crippen LogP contribution in [0.4, 0.5) is 0 Å². The topological polar surface area (TPSA) is 72.8 Å². The molecule has 96 valence electrons. The van der Waals surface area contributed by atoms with Crippen molar-refractivity contribution in [1.82, 2.24) is 0 Å². The highest BCUT2D eigenvalue weighted by Gasteiger charge is 2.28. The van der Waals surface area contributed by atoms with Gasteiger partial charge in [0.2, 0.25) is 0 Å². The maximum Gasteiger partial charge on any atom is 0.334 e. The molecule has 0 bridgehead atoms. The maximum absolute atomic E-state index is 11.3. The summed E-state index contributed by atoms with van der Waals surface area (Å²) in [6.45, 7) is 3.48. The van der Waals surface area contributed by atoms with Crippen molar-refractivity contribution in [2.24, 2.45) is 0 Å². The Hall–Kier alpha value is -2.30. The molecule has 18 heavy (non-hydrogen) atoms. The van der Waals surface area contributed by atoms with Gasteiger partial charge in [-0.15, -0.1) is 0 Å². The molecule has 0 saturated carbocycles. The number of carbonyl (C=O) groups is 2. The molecular formula is C13H14O5. The van der Waals surface area contributed by atoms with Gasteiger partial charge in [-0.2, -0.15) is 0 Å². The van der Waals surface area contributed by atoms with Gasteiger partial charge in [0.05, 0.1) is 14.2 Å². The van der Waals surface area contributed by atoms with Gasteiger partial charge in [0, 0.05) is 5.57 Å². The molecule has 0 amide bonds. The molecule has 5 heteroatoms. The third-order valence-electron chi connectivity index (χ3n) is 2.49. The molecule has 1 aromatic carbocycles. The molecule has 1 atom stereocenters. The molecule has 0 aliphatic carbocycles. The third kappa shape index (κ3) is 2.88. The zero-order chi connectivity index (χ0) is 13.7. The fourth-order valence-electron chi connectivity index (χ4n) is 1.54. The van der Waals surface area contributed by atoms with E-state index in [4.69, 9.17) is 9.84 Å². The molecule has 0 spiro atoms. The highest BCUT2D eigenvalue weighted by Crippen LogP contribution is 2.26. The van der Waals surface area contributed by atoms with Crippen LogP contribution in [0.5, 0.6) is 5.75 Å². The first-order chi connectivity index (χ1) is 8.51. The van der Waals surface area contributed by atoms with E-state index in [0.29, 0.717) is 11.3 Å². The Labute approximate surface area is 105 Å². The Balaban J connectivity index is 3.08. The van der Waals surface area contributed by atoms with Gasteiger partial charge < -0.3 is 14.6 Å². The molecule has 1 N–H and O–H groups in total. The lowest BCUT2D eigenvalue weighted by molar-refractivity contribution is -0.142. The van der Waals surface area contributed by atoms with Crippen LogP contribution in [0.3, 0.4) is 0 Å². The Kier molecular flexibility index (Phi) is 4.48. The number of hydrogen-bond donors (Lipinski definition) is 1. The van der Waals surface area contributed by atoms with Crippen LogP contribution in [0.2, 0.25) is 0 Å². The lowest BCUT2D eigenvalue weighted by atomic mass is 9.92. The zero-order valence-electron chi connectivity index (χ0n) is 10.2. The lowest BCUT2D eigenvalue weighted by Gasteiger charge is -2.14. The van der Waals surface area contributed by atoms with Crippen LogP contribution in [0.15, 0.2) is 36.4 Å². The first-order valence-corrected chi connectivity index (χ1v) is 5.15. The Morgan fingerprint density at radius 2 is 1.78 bits per heavy atom. The fourth-order valence-corrected chi connectivity index (χ4v) is 1.54. The molecule has 0 aromatic heterocycles. The summed E-state index contributed by atoms with van der Waals surface area (Å²) < 4.78 is 9.46. The van der Waals surface area contributed by atoms with E-state index in [1.165, 1.54) is 14.2 Å². The molecule has 0 heterocycles. The fraction of sp³-hybridized carbons (Fsp3) is 0.231. The van der Waals surface area contributed by atoms with Crippen LogP contribution >= 0.6 is 0 Å². The van der Waals surface area contributed by atoms with Crippen molar-refractivity contribution in [3.8, 4) is 5.75 Å². The van der Waals surface area contributed by atoms with Gasteiger partial charge in [0.15, 0.2) is 0 Å². The number of benzene rings is 1. The number of carboxylic acids is 1. The molecule has 0 aliphatic heterocycles. The summed E-state index contributed by atoms with van der Waals surface area (Å²) in [6.07, 6.45) is 0. The molecule has 1 rings (SSSR count). The van der Waals surface area contributed by atoms with Gasteiger partial charge >= 0.3 is 11.9 Å². The number of esters is 1. The van der Waals surface area contributed by atoms with Crippen molar-refractivity contribution in [3.63, 3.8) is 0 Å². The Morgan fingerprint density at radius 3 is 2.17 bits per heavy atom.